The molecule has 0 N–H and O–H groups in total. The minimum absolute atomic E-state index is 0.729. The maximum atomic E-state index is 5.86. The van der Waals surface area contributed by atoms with Gasteiger partial charge in [-0.15, -0.1) is 0 Å². The Labute approximate surface area is 118 Å². The molecule has 0 unspecified atom stereocenters. The van der Waals surface area contributed by atoms with E-state index >= 15 is 0 Å². The predicted octanol–water partition coefficient (Wildman–Crippen LogP) is 4.53. The minimum atomic E-state index is 0.729. The van der Waals surface area contributed by atoms with Crippen LogP contribution >= 0.6 is 11.6 Å². The van der Waals surface area contributed by atoms with Gasteiger partial charge in [0.2, 0.25) is 0 Å². The van der Waals surface area contributed by atoms with E-state index in [0.717, 1.165) is 27.6 Å². The summed E-state index contributed by atoms with van der Waals surface area (Å²) in [5.41, 5.74) is 1.99. The van der Waals surface area contributed by atoms with Gasteiger partial charge in [0.15, 0.2) is 0 Å². The van der Waals surface area contributed by atoms with Gasteiger partial charge in [-0.05, 0) is 35.9 Å². The third-order valence-electron chi connectivity index (χ3n) is 2.78. The maximum Gasteiger partial charge on any atom is 0.129 e. The molecule has 0 aliphatic carbocycles. The molecule has 0 saturated heterocycles. The molecule has 0 aromatic heterocycles. The fourth-order valence-electron chi connectivity index (χ4n) is 1.80. The lowest BCUT2D eigenvalue weighted by molar-refractivity contribution is 0.392. The first-order valence-electron chi connectivity index (χ1n) is 5.89. The fourth-order valence-corrected chi connectivity index (χ4v) is 1.92. The lowest BCUT2D eigenvalue weighted by Crippen LogP contribution is -1.91. The first-order valence-corrected chi connectivity index (χ1v) is 6.27. The van der Waals surface area contributed by atoms with Gasteiger partial charge < -0.3 is 9.47 Å². The smallest absolute Gasteiger partial charge is 0.129 e. The molecule has 0 atom stereocenters. The van der Waals surface area contributed by atoms with Gasteiger partial charge in [0.25, 0.3) is 0 Å². The molecule has 2 nitrogen and oxygen atoms in total. The zero-order chi connectivity index (χ0) is 13.7. The standard InChI is InChI=1S/C16H15ClO2/c1-18-15-4-3-5-16(19-2)14(15)11-8-12-6-9-13(17)10-7-12/h3-11H,1-2H3. The molecular weight excluding hydrogens is 260 g/mol. The lowest BCUT2D eigenvalue weighted by atomic mass is 10.1. The summed E-state index contributed by atoms with van der Waals surface area (Å²) >= 11 is 5.86. The summed E-state index contributed by atoms with van der Waals surface area (Å²) < 4.78 is 10.7. The topological polar surface area (TPSA) is 18.5 Å². The highest BCUT2D eigenvalue weighted by Gasteiger charge is 2.05. The summed E-state index contributed by atoms with van der Waals surface area (Å²) in [5, 5.41) is 0.729. The Morgan fingerprint density at radius 3 is 1.95 bits per heavy atom. The highest BCUT2D eigenvalue weighted by atomic mass is 35.5. The van der Waals surface area contributed by atoms with Crippen LogP contribution in [0.25, 0.3) is 12.2 Å². The van der Waals surface area contributed by atoms with Crippen molar-refractivity contribution in [3.63, 3.8) is 0 Å². The molecule has 0 spiro atoms. The lowest BCUT2D eigenvalue weighted by Gasteiger charge is -2.09. The van der Waals surface area contributed by atoms with Gasteiger partial charge in [-0.3, -0.25) is 0 Å². The van der Waals surface area contributed by atoms with Crippen LogP contribution in [0.3, 0.4) is 0 Å². The molecule has 0 fully saturated rings. The molecule has 0 aliphatic rings. The average molecular weight is 275 g/mol. The summed E-state index contributed by atoms with van der Waals surface area (Å²) in [4.78, 5) is 0. The Kier molecular flexibility index (Phi) is 4.48. The molecule has 19 heavy (non-hydrogen) atoms. The Hall–Kier alpha value is -1.93. The van der Waals surface area contributed by atoms with E-state index in [1.54, 1.807) is 14.2 Å². The molecule has 2 aromatic carbocycles. The molecule has 2 rings (SSSR count). The molecule has 0 heterocycles. The van der Waals surface area contributed by atoms with Crippen molar-refractivity contribution in [1.29, 1.82) is 0 Å². The Bertz CT molecular complexity index is 552. The van der Waals surface area contributed by atoms with Crippen molar-refractivity contribution >= 4 is 23.8 Å². The van der Waals surface area contributed by atoms with Crippen molar-refractivity contribution < 1.29 is 9.47 Å². The summed E-state index contributed by atoms with van der Waals surface area (Å²) in [6.45, 7) is 0. The maximum absolute atomic E-state index is 5.86. The third kappa shape index (κ3) is 3.30. The largest absolute Gasteiger partial charge is 0.496 e. The minimum Gasteiger partial charge on any atom is -0.496 e. The zero-order valence-corrected chi connectivity index (χ0v) is 11.6. The fraction of sp³-hybridized carbons (Fsp3) is 0.125. The number of ether oxygens (including phenoxy) is 2. The predicted molar refractivity (Wildman–Crippen MR) is 79.9 cm³/mol. The Balaban J connectivity index is 2.34. The van der Waals surface area contributed by atoms with E-state index in [-0.39, 0.29) is 0 Å². The van der Waals surface area contributed by atoms with Crippen molar-refractivity contribution in [2.45, 2.75) is 0 Å². The van der Waals surface area contributed by atoms with Crippen molar-refractivity contribution in [3.05, 3.63) is 58.6 Å². The van der Waals surface area contributed by atoms with E-state index in [1.807, 2.05) is 54.6 Å². The summed E-state index contributed by atoms with van der Waals surface area (Å²) in [5.74, 6) is 1.56. The van der Waals surface area contributed by atoms with E-state index in [9.17, 15) is 0 Å². The number of hydrogen-bond donors (Lipinski definition) is 0. The van der Waals surface area contributed by atoms with Crippen LogP contribution in [0.2, 0.25) is 5.02 Å². The van der Waals surface area contributed by atoms with Crippen molar-refractivity contribution in [2.24, 2.45) is 0 Å². The van der Waals surface area contributed by atoms with Crippen LogP contribution in [-0.2, 0) is 0 Å². The van der Waals surface area contributed by atoms with Crippen LogP contribution in [0.1, 0.15) is 11.1 Å². The zero-order valence-electron chi connectivity index (χ0n) is 10.9. The van der Waals surface area contributed by atoms with Gasteiger partial charge in [0.1, 0.15) is 11.5 Å². The van der Waals surface area contributed by atoms with E-state index in [0.29, 0.717) is 0 Å². The van der Waals surface area contributed by atoms with Gasteiger partial charge in [0.05, 0.1) is 19.8 Å². The second kappa shape index (κ2) is 6.30. The van der Waals surface area contributed by atoms with Crippen molar-refractivity contribution in [3.8, 4) is 11.5 Å². The molecule has 0 radical (unpaired) electrons. The first kappa shape index (κ1) is 13.5. The van der Waals surface area contributed by atoms with Crippen LogP contribution in [0.15, 0.2) is 42.5 Å². The summed E-state index contributed by atoms with van der Waals surface area (Å²) in [7, 11) is 3.29. The molecule has 0 bridgehead atoms. The number of benzene rings is 2. The van der Waals surface area contributed by atoms with Gasteiger partial charge in [-0.1, -0.05) is 35.9 Å². The van der Waals surface area contributed by atoms with Gasteiger partial charge in [-0.2, -0.15) is 0 Å². The van der Waals surface area contributed by atoms with Crippen LogP contribution < -0.4 is 9.47 Å². The molecule has 0 saturated carbocycles. The SMILES string of the molecule is COc1cccc(OC)c1C=Cc1ccc(Cl)cc1. The third-order valence-corrected chi connectivity index (χ3v) is 3.03. The Morgan fingerprint density at radius 2 is 1.42 bits per heavy atom. The molecule has 0 aliphatic heterocycles. The normalized spacial score (nSPS) is 10.7. The second-order valence-electron chi connectivity index (χ2n) is 3.96. The van der Waals surface area contributed by atoms with Crippen LogP contribution in [-0.4, -0.2) is 14.2 Å². The number of rotatable bonds is 4. The van der Waals surface area contributed by atoms with Crippen molar-refractivity contribution in [2.75, 3.05) is 14.2 Å². The van der Waals surface area contributed by atoms with E-state index in [1.165, 1.54) is 0 Å². The monoisotopic (exact) mass is 274 g/mol. The second-order valence-corrected chi connectivity index (χ2v) is 4.40. The average Bonchev–Trinajstić information content (AvgIpc) is 2.46. The summed E-state index contributed by atoms with van der Waals surface area (Å²) in [6.07, 6.45) is 3.97. The quantitative estimate of drug-likeness (QED) is 0.763. The van der Waals surface area contributed by atoms with Gasteiger partial charge >= 0.3 is 0 Å². The highest BCUT2D eigenvalue weighted by molar-refractivity contribution is 6.30. The van der Waals surface area contributed by atoms with E-state index in [4.69, 9.17) is 21.1 Å². The van der Waals surface area contributed by atoms with E-state index in [2.05, 4.69) is 0 Å². The number of methoxy groups -OCH3 is 2. The molecule has 3 heteroatoms. The van der Waals surface area contributed by atoms with Crippen molar-refractivity contribution in [1.82, 2.24) is 0 Å². The van der Waals surface area contributed by atoms with Crippen LogP contribution in [0.4, 0.5) is 0 Å². The molecule has 0 amide bonds. The molecule has 2 aromatic rings. The summed E-state index contributed by atoms with van der Waals surface area (Å²) in [6, 6.07) is 13.4. The van der Waals surface area contributed by atoms with E-state index < -0.39 is 0 Å². The highest BCUT2D eigenvalue weighted by Crippen LogP contribution is 2.30. The molecule has 98 valence electrons. The Morgan fingerprint density at radius 1 is 0.842 bits per heavy atom. The number of halogens is 1. The number of hydrogen-bond acceptors (Lipinski definition) is 2. The molecular formula is C16H15ClO2. The van der Waals surface area contributed by atoms with Gasteiger partial charge in [0, 0.05) is 5.02 Å². The van der Waals surface area contributed by atoms with Crippen LogP contribution in [0.5, 0.6) is 11.5 Å². The first-order chi connectivity index (χ1) is 9.24. The van der Waals surface area contributed by atoms with Gasteiger partial charge in [-0.25, -0.2) is 0 Å². The van der Waals surface area contributed by atoms with Crippen LogP contribution in [0, 0.1) is 0 Å².